The molecule has 3 aromatic rings. The minimum Gasteiger partial charge on any atom is -0.0656 e. The van der Waals surface area contributed by atoms with Crippen molar-refractivity contribution in [1.29, 1.82) is 0 Å². The van der Waals surface area contributed by atoms with Crippen molar-refractivity contribution in [2.24, 2.45) is 0 Å². The highest BCUT2D eigenvalue weighted by Crippen LogP contribution is 2.22. The van der Waals surface area contributed by atoms with E-state index >= 15 is 0 Å². The number of hydrogen-bond acceptors (Lipinski definition) is 0. The van der Waals surface area contributed by atoms with Gasteiger partial charge in [0.05, 0.1) is 0 Å². The standard InChI is InChI=1S/C31H40Si/c1-7-24-10-23(6)11-27(12-24)17-28-13-25(8-2)14-29(18-28)19-30-15-26(9-3)16-31(20-30)21-32-22(4)5/h10-16,18,20,22H,7-9,17,19,21H2,1-6H3/i17D2,19D2,21D2. The fraction of sp³-hybridized carbons (Fsp3) is 0.419. The van der Waals surface area contributed by atoms with Crippen LogP contribution in [-0.2, 0) is 38.0 Å². The second kappa shape index (κ2) is 11.7. The lowest BCUT2D eigenvalue weighted by molar-refractivity contribution is 1.03. The van der Waals surface area contributed by atoms with Gasteiger partial charge in [-0.25, -0.2) is 0 Å². The zero-order chi connectivity index (χ0) is 28.5. The van der Waals surface area contributed by atoms with E-state index in [1.54, 1.807) is 12.1 Å². The molecule has 0 heterocycles. The Bertz CT molecular complexity index is 1280. The van der Waals surface area contributed by atoms with E-state index in [9.17, 15) is 2.74 Å². The molecule has 0 nitrogen and oxygen atoms in total. The molecule has 0 saturated heterocycles. The van der Waals surface area contributed by atoms with Crippen LogP contribution in [0.4, 0.5) is 0 Å². The molecular weight excluding hydrogens is 400 g/mol. The molecule has 0 amide bonds. The van der Waals surface area contributed by atoms with Crippen molar-refractivity contribution in [1.82, 2.24) is 0 Å². The molecule has 0 spiro atoms. The molecule has 0 aliphatic carbocycles. The van der Waals surface area contributed by atoms with Gasteiger partial charge in [0.2, 0.25) is 0 Å². The summed E-state index contributed by atoms with van der Waals surface area (Å²) in [5.41, 5.74) is 6.37. The first-order chi connectivity index (χ1) is 17.6. The Balaban J connectivity index is 2.18. The van der Waals surface area contributed by atoms with Gasteiger partial charge in [-0.2, -0.15) is 0 Å². The highest BCUT2D eigenvalue weighted by atomic mass is 28.2. The van der Waals surface area contributed by atoms with E-state index in [4.69, 9.17) is 5.48 Å². The zero-order valence-corrected chi connectivity index (χ0v) is 21.4. The number of aryl methyl sites for hydroxylation is 4. The van der Waals surface area contributed by atoms with Gasteiger partial charge in [0, 0.05) is 17.7 Å². The summed E-state index contributed by atoms with van der Waals surface area (Å²) in [5, 5.41) is 0. The number of benzene rings is 3. The topological polar surface area (TPSA) is 0 Å². The predicted molar refractivity (Wildman–Crippen MR) is 142 cm³/mol. The van der Waals surface area contributed by atoms with Crippen molar-refractivity contribution in [2.45, 2.75) is 85.1 Å². The summed E-state index contributed by atoms with van der Waals surface area (Å²) in [6, 6.07) is 16.6. The van der Waals surface area contributed by atoms with Crippen molar-refractivity contribution in [3.63, 3.8) is 0 Å². The first-order valence-corrected chi connectivity index (χ1v) is 12.9. The lowest BCUT2D eigenvalue weighted by Crippen LogP contribution is -2.03. The fourth-order valence-electron chi connectivity index (χ4n) is 3.78. The minimum absolute atomic E-state index is 0.0679. The van der Waals surface area contributed by atoms with Crippen LogP contribution in [0.15, 0.2) is 54.6 Å². The van der Waals surface area contributed by atoms with E-state index in [1.165, 1.54) is 0 Å². The highest BCUT2D eigenvalue weighted by molar-refractivity contribution is 6.36. The molecule has 0 aliphatic rings. The summed E-state index contributed by atoms with van der Waals surface area (Å²) in [6.45, 7) is 12.0. The van der Waals surface area contributed by atoms with Crippen molar-refractivity contribution in [3.05, 3.63) is 105 Å². The van der Waals surface area contributed by atoms with E-state index in [-0.39, 0.29) is 15.1 Å². The Labute approximate surface area is 207 Å². The van der Waals surface area contributed by atoms with E-state index in [2.05, 4.69) is 13.0 Å². The molecule has 3 aromatic carbocycles. The largest absolute Gasteiger partial charge is 0.0656 e. The van der Waals surface area contributed by atoms with Crippen LogP contribution >= 0.6 is 0 Å². The van der Waals surface area contributed by atoms with Crippen molar-refractivity contribution in [3.8, 4) is 0 Å². The SMILES string of the molecule is [2H]C([2H])([Si]C(C)C)c1cc(CC)cc(C([2H])([2H])c2cc(CC)cc(C([2H])([2H])c3cc(C)cc(CC)c3)c2)c1. The molecule has 1 heteroatoms. The summed E-state index contributed by atoms with van der Waals surface area (Å²) in [4.78, 5) is 0. The Morgan fingerprint density at radius 3 is 1.41 bits per heavy atom. The molecule has 32 heavy (non-hydrogen) atoms. The molecule has 2 radical (unpaired) electrons. The normalized spacial score (nSPS) is 15.5. The van der Waals surface area contributed by atoms with E-state index in [1.807, 2.05) is 71.0 Å². The Hall–Kier alpha value is -2.12. The van der Waals surface area contributed by atoms with Crippen molar-refractivity contribution in [2.75, 3.05) is 0 Å². The van der Waals surface area contributed by atoms with Gasteiger partial charge in [-0.1, -0.05) is 106 Å². The van der Waals surface area contributed by atoms with Crippen LogP contribution in [0.1, 0.15) is 92.9 Å². The summed E-state index contributed by atoms with van der Waals surface area (Å²) < 4.78 is 54.0. The van der Waals surface area contributed by atoms with Gasteiger partial charge in [-0.3, -0.25) is 0 Å². The van der Waals surface area contributed by atoms with Gasteiger partial charge < -0.3 is 0 Å². The minimum atomic E-state index is -1.92. The van der Waals surface area contributed by atoms with Crippen LogP contribution in [0.25, 0.3) is 0 Å². The summed E-state index contributed by atoms with van der Waals surface area (Å²) >= 11 is 0. The van der Waals surface area contributed by atoms with Crippen LogP contribution in [0, 0.1) is 6.92 Å². The maximum Gasteiger partial charge on any atom is 0.0457 e. The van der Waals surface area contributed by atoms with E-state index in [0.29, 0.717) is 40.7 Å². The molecule has 0 bridgehead atoms. The maximum atomic E-state index is 9.22. The highest BCUT2D eigenvalue weighted by Gasteiger charge is 2.08. The van der Waals surface area contributed by atoms with E-state index in [0.717, 1.165) is 28.7 Å². The van der Waals surface area contributed by atoms with Gasteiger partial charge in [0.25, 0.3) is 0 Å². The molecule has 0 aliphatic heterocycles. The Morgan fingerprint density at radius 1 is 0.594 bits per heavy atom. The van der Waals surface area contributed by atoms with Gasteiger partial charge in [-0.05, 0) is 83.9 Å². The monoisotopic (exact) mass is 446 g/mol. The van der Waals surface area contributed by atoms with Crippen molar-refractivity contribution < 1.29 is 8.22 Å². The number of hydrogen-bond donors (Lipinski definition) is 0. The summed E-state index contributed by atoms with van der Waals surface area (Å²) in [5.74, 6) is -1.54. The van der Waals surface area contributed by atoms with Crippen LogP contribution in [0.3, 0.4) is 0 Å². The Morgan fingerprint density at radius 2 is 0.938 bits per heavy atom. The lowest BCUT2D eigenvalue weighted by atomic mass is 9.93. The second-order valence-electron chi connectivity index (χ2n) is 8.78. The zero-order valence-electron chi connectivity index (χ0n) is 26.4. The third-order valence-electron chi connectivity index (χ3n) is 5.43. The second-order valence-corrected chi connectivity index (χ2v) is 10.5. The third-order valence-corrected chi connectivity index (χ3v) is 6.44. The molecule has 0 N–H and O–H groups in total. The smallest absolute Gasteiger partial charge is 0.0457 e. The quantitative estimate of drug-likeness (QED) is 0.278. The lowest BCUT2D eigenvalue weighted by Gasteiger charge is -2.13. The van der Waals surface area contributed by atoms with Gasteiger partial charge in [0.15, 0.2) is 0 Å². The molecular formula is C31H40Si. The summed E-state index contributed by atoms with van der Waals surface area (Å²) in [6.07, 6.45) is -1.58. The first-order valence-electron chi connectivity index (χ1n) is 14.8. The molecule has 0 aromatic heterocycles. The van der Waals surface area contributed by atoms with Gasteiger partial charge in [0.1, 0.15) is 0 Å². The van der Waals surface area contributed by atoms with Gasteiger partial charge in [-0.15, -0.1) is 0 Å². The molecule has 0 unspecified atom stereocenters. The maximum absolute atomic E-state index is 9.22. The predicted octanol–water partition coefficient (Wildman–Crippen LogP) is 7.90. The van der Waals surface area contributed by atoms with Crippen LogP contribution in [0.5, 0.6) is 0 Å². The molecule has 3 rings (SSSR count). The average molecular weight is 447 g/mol. The molecule has 0 fully saturated rings. The van der Waals surface area contributed by atoms with Crippen molar-refractivity contribution >= 4 is 9.52 Å². The summed E-state index contributed by atoms with van der Waals surface area (Å²) in [7, 11) is 0.0679. The first kappa shape index (κ1) is 17.4. The van der Waals surface area contributed by atoms with Crippen LogP contribution < -0.4 is 0 Å². The molecule has 0 saturated carbocycles. The fourth-order valence-corrected chi connectivity index (χ4v) is 4.38. The molecule has 0 atom stereocenters. The molecule has 168 valence electrons. The van der Waals surface area contributed by atoms with Crippen LogP contribution in [0.2, 0.25) is 5.54 Å². The third kappa shape index (κ3) is 7.20. The number of rotatable bonds is 10. The van der Waals surface area contributed by atoms with Crippen LogP contribution in [-0.4, -0.2) is 9.52 Å². The average Bonchev–Trinajstić information content (AvgIpc) is 2.86. The van der Waals surface area contributed by atoms with Gasteiger partial charge >= 0.3 is 0 Å². The van der Waals surface area contributed by atoms with E-state index < -0.39 is 18.7 Å². The Kier molecular flexibility index (Phi) is 6.33.